The molecule has 0 atom stereocenters. The van der Waals surface area contributed by atoms with Crippen molar-refractivity contribution < 1.29 is 4.42 Å². The first-order chi connectivity index (χ1) is 8.78. The van der Waals surface area contributed by atoms with Gasteiger partial charge in [0.25, 0.3) is 0 Å². The van der Waals surface area contributed by atoms with Gasteiger partial charge in [-0.2, -0.15) is 0 Å². The predicted octanol–water partition coefficient (Wildman–Crippen LogP) is 1.60. The first kappa shape index (κ1) is 13.0. The minimum absolute atomic E-state index is 0.469. The number of thiazole rings is 1. The summed E-state index contributed by atoms with van der Waals surface area (Å²) in [5.74, 6) is 0.601. The molecular weight excluding hydrogens is 250 g/mol. The van der Waals surface area contributed by atoms with Gasteiger partial charge in [-0.05, 0) is 13.5 Å². The summed E-state index contributed by atoms with van der Waals surface area (Å²) in [5.41, 5.74) is 1.07. The van der Waals surface area contributed by atoms with E-state index in [0.29, 0.717) is 18.5 Å². The smallest absolute Gasteiger partial charge is 0.315 e. The van der Waals surface area contributed by atoms with Crippen molar-refractivity contribution in [2.24, 2.45) is 0 Å². The number of hydrogen-bond acceptors (Lipinski definition) is 7. The molecule has 6 nitrogen and oxygen atoms in total. The molecule has 0 aliphatic carbocycles. The van der Waals surface area contributed by atoms with Gasteiger partial charge in [0.15, 0.2) is 0 Å². The molecule has 18 heavy (non-hydrogen) atoms. The highest BCUT2D eigenvalue weighted by molar-refractivity contribution is 7.09. The van der Waals surface area contributed by atoms with Crippen LogP contribution in [-0.4, -0.2) is 28.3 Å². The monoisotopic (exact) mass is 267 g/mol. The lowest BCUT2D eigenvalue weighted by Crippen LogP contribution is -2.11. The van der Waals surface area contributed by atoms with E-state index < -0.39 is 0 Å². The molecule has 0 unspecified atom stereocenters. The van der Waals surface area contributed by atoms with Gasteiger partial charge in [-0.15, -0.1) is 16.4 Å². The van der Waals surface area contributed by atoms with Crippen LogP contribution in [0.15, 0.2) is 9.80 Å². The van der Waals surface area contributed by atoms with E-state index in [1.165, 1.54) is 0 Å². The second kappa shape index (κ2) is 6.46. The predicted molar refractivity (Wildman–Crippen MR) is 70.7 cm³/mol. The molecular formula is C11H17N5OS. The summed E-state index contributed by atoms with van der Waals surface area (Å²) in [6, 6.07) is 0.469. The van der Waals surface area contributed by atoms with Gasteiger partial charge in [-0.3, -0.25) is 0 Å². The molecule has 0 spiro atoms. The summed E-state index contributed by atoms with van der Waals surface area (Å²) >= 11 is 1.67. The fourth-order valence-electron chi connectivity index (χ4n) is 1.42. The highest BCUT2D eigenvalue weighted by Crippen LogP contribution is 2.10. The molecule has 0 amide bonds. The van der Waals surface area contributed by atoms with Crippen molar-refractivity contribution in [2.75, 3.05) is 18.4 Å². The molecule has 0 fully saturated rings. The Kier molecular flexibility index (Phi) is 4.66. The third kappa shape index (κ3) is 3.78. The topological polar surface area (TPSA) is 75.9 Å². The first-order valence-corrected chi connectivity index (χ1v) is 6.84. The fourth-order valence-corrected chi connectivity index (χ4v) is 2.20. The molecule has 98 valence electrons. The zero-order chi connectivity index (χ0) is 12.8. The molecule has 2 aromatic rings. The van der Waals surface area contributed by atoms with E-state index in [9.17, 15) is 0 Å². The summed E-state index contributed by atoms with van der Waals surface area (Å²) in [6.07, 6.45) is 0.865. The Balaban J connectivity index is 1.74. The van der Waals surface area contributed by atoms with Gasteiger partial charge in [-0.1, -0.05) is 12.0 Å². The van der Waals surface area contributed by atoms with Gasteiger partial charge in [0, 0.05) is 24.0 Å². The van der Waals surface area contributed by atoms with Crippen molar-refractivity contribution in [1.82, 2.24) is 20.5 Å². The van der Waals surface area contributed by atoms with E-state index in [2.05, 4.69) is 31.2 Å². The maximum atomic E-state index is 5.42. The SMILES string of the molecule is CCNCc1nnc(NCCc2nc(C)cs2)o1. The maximum absolute atomic E-state index is 5.42. The summed E-state index contributed by atoms with van der Waals surface area (Å²) < 4.78 is 5.42. The average Bonchev–Trinajstić information content (AvgIpc) is 2.96. The number of aromatic nitrogens is 3. The zero-order valence-electron chi connectivity index (χ0n) is 10.6. The van der Waals surface area contributed by atoms with Gasteiger partial charge < -0.3 is 15.1 Å². The van der Waals surface area contributed by atoms with E-state index in [1.807, 2.05) is 13.8 Å². The van der Waals surface area contributed by atoms with Crippen LogP contribution in [0.2, 0.25) is 0 Å². The lowest BCUT2D eigenvalue weighted by atomic mass is 10.4. The number of aryl methyl sites for hydroxylation is 1. The minimum atomic E-state index is 0.469. The molecule has 0 aliphatic rings. The summed E-state index contributed by atoms with van der Waals surface area (Å²) in [5, 5.41) is 17.2. The zero-order valence-corrected chi connectivity index (χ0v) is 11.4. The minimum Gasteiger partial charge on any atom is -0.407 e. The number of anilines is 1. The maximum Gasteiger partial charge on any atom is 0.315 e. The van der Waals surface area contributed by atoms with E-state index in [-0.39, 0.29) is 0 Å². The Morgan fingerprint density at radius 1 is 1.39 bits per heavy atom. The van der Waals surface area contributed by atoms with Crippen molar-refractivity contribution in [2.45, 2.75) is 26.8 Å². The van der Waals surface area contributed by atoms with Crippen molar-refractivity contribution >= 4 is 17.4 Å². The van der Waals surface area contributed by atoms with Crippen LogP contribution >= 0.6 is 11.3 Å². The van der Waals surface area contributed by atoms with Crippen LogP contribution in [0.1, 0.15) is 23.5 Å². The average molecular weight is 267 g/mol. The highest BCUT2D eigenvalue weighted by atomic mass is 32.1. The van der Waals surface area contributed by atoms with Crippen molar-refractivity contribution in [3.05, 3.63) is 22.0 Å². The van der Waals surface area contributed by atoms with Crippen LogP contribution in [0.4, 0.5) is 6.01 Å². The largest absolute Gasteiger partial charge is 0.407 e. The number of rotatable bonds is 7. The molecule has 2 heterocycles. The van der Waals surface area contributed by atoms with Gasteiger partial charge in [0.1, 0.15) is 0 Å². The van der Waals surface area contributed by atoms with E-state index in [1.54, 1.807) is 11.3 Å². The van der Waals surface area contributed by atoms with Crippen LogP contribution in [0.25, 0.3) is 0 Å². The van der Waals surface area contributed by atoms with E-state index in [4.69, 9.17) is 4.42 Å². The quantitative estimate of drug-likeness (QED) is 0.793. The van der Waals surface area contributed by atoms with Gasteiger partial charge in [-0.25, -0.2) is 4.98 Å². The lowest BCUT2D eigenvalue weighted by molar-refractivity contribution is 0.481. The van der Waals surface area contributed by atoms with Crippen LogP contribution < -0.4 is 10.6 Å². The molecule has 7 heteroatoms. The summed E-state index contributed by atoms with van der Waals surface area (Å²) in [6.45, 7) is 6.27. The van der Waals surface area contributed by atoms with Crippen LogP contribution in [0.5, 0.6) is 0 Å². The Hall–Kier alpha value is -1.47. The summed E-state index contributed by atoms with van der Waals surface area (Å²) in [7, 11) is 0. The second-order valence-electron chi connectivity index (χ2n) is 3.84. The Morgan fingerprint density at radius 2 is 2.28 bits per heavy atom. The highest BCUT2D eigenvalue weighted by Gasteiger charge is 2.05. The standard InChI is InChI=1S/C11H17N5OS/c1-3-12-6-9-15-16-11(17-9)13-5-4-10-14-8(2)7-18-10/h7,12H,3-6H2,1-2H3,(H,13,16). The Bertz CT molecular complexity index is 481. The molecule has 2 aromatic heterocycles. The Morgan fingerprint density at radius 3 is 3.00 bits per heavy atom. The third-order valence-electron chi connectivity index (χ3n) is 2.27. The molecule has 2 rings (SSSR count). The Labute approximate surface area is 110 Å². The first-order valence-electron chi connectivity index (χ1n) is 5.96. The number of hydrogen-bond donors (Lipinski definition) is 2. The van der Waals surface area contributed by atoms with Crippen molar-refractivity contribution in [3.63, 3.8) is 0 Å². The van der Waals surface area contributed by atoms with Crippen LogP contribution in [-0.2, 0) is 13.0 Å². The van der Waals surface area contributed by atoms with E-state index >= 15 is 0 Å². The fraction of sp³-hybridized carbons (Fsp3) is 0.545. The van der Waals surface area contributed by atoms with Crippen molar-refractivity contribution in [3.8, 4) is 0 Å². The second-order valence-corrected chi connectivity index (χ2v) is 4.78. The van der Waals surface area contributed by atoms with Crippen molar-refractivity contribution in [1.29, 1.82) is 0 Å². The van der Waals surface area contributed by atoms with E-state index in [0.717, 1.165) is 30.2 Å². The molecule has 0 aromatic carbocycles. The molecule has 0 aliphatic heterocycles. The number of nitrogens with one attached hydrogen (secondary N) is 2. The van der Waals surface area contributed by atoms with Gasteiger partial charge >= 0.3 is 6.01 Å². The summed E-state index contributed by atoms with van der Waals surface area (Å²) in [4.78, 5) is 4.39. The molecule has 0 saturated carbocycles. The van der Waals surface area contributed by atoms with Crippen LogP contribution in [0.3, 0.4) is 0 Å². The normalized spacial score (nSPS) is 10.8. The molecule has 0 saturated heterocycles. The number of nitrogens with zero attached hydrogens (tertiary/aromatic N) is 3. The van der Waals surface area contributed by atoms with Gasteiger partial charge in [0.2, 0.25) is 5.89 Å². The lowest BCUT2D eigenvalue weighted by Gasteiger charge is -1.98. The van der Waals surface area contributed by atoms with Gasteiger partial charge in [0.05, 0.1) is 11.6 Å². The molecule has 2 N–H and O–H groups in total. The third-order valence-corrected chi connectivity index (χ3v) is 3.30. The molecule has 0 radical (unpaired) electrons. The molecule has 0 bridgehead atoms. The van der Waals surface area contributed by atoms with Crippen LogP contribution in [0, 0.1) is 6.92 Å².